The van der Waals surface area contributed by atoms with Crippen molar-refractivity contribution in [3.05, 3.63) is 35.4 Å². The van der Waals surface area contributed by atoms with Gasteiger partial charge in [-0.3, -0.25) is 4.79 Å². The topological polar surface area (TPSA) is 143 Å². The molecule has 2 rings (SSSR count). The minimum atomic E-state index is -1.08. The van der Waals surface area contributed by atoms with Gasteiger partial charge in [-0.05, 0) is 18.6 Å². The number of nitrogen functional groups attached to an aromatic ring is 2. The van der Waals surface area contributed by atoms with E-state index in [1.807, 2.05) is 0 Å². The van der Waals surface area contributed by atoms with Crippen LogP contribution in [0.4, 0.5) is 11.4 Å². The first-order valence-electron chi connectivity index (χ1n) is 8.34. The first-order valence-corrected chi connectivity index (χ1v) is 8.34. The molecule has 0 bridgehead atoms. The smallest absolute Gasteiger partial charge is 0.337 e. The number of methoxy groups -OCH3 is 1. The molecular formula is C19H22N2O7. The molecule has 0 saturated carbocycles. The predicted octanol–water partition coefficient (Wildman–Crippen LogP) is 2.25. The SMILES string of the molecule is COc1cc(OC=O)c(N)cc1OCCCOc1cc(N)c(C(=O)O)cc1C. The van der Waals surface area contributed by atoms with Crippen molar-refractivity contribution in [3.63, 3.8) is 0 Å². The number of nitrogens with two attached hydrogens (primary N) is 2. The number of benzene rings is 2. The van der Waals surface area contributed by atoms with Crippen LogP contribution < -0.4 is 30.4 Å². The van der Waals surface area contributed by atoms with Gasteiger partial charge in [0.1, 0.15) is 5.75 Å². The summed E-state index contributed by atoms with van der Waals surface area (Å²) in [5, 5.41) is 9.06. The van der Waals surface area contributed by atoms with Crippen LogP contribution in [0.15, 0.2) is 24.3 Å². The maximum Gasteiger partial charge on any atom is 0.337 e. The molecule has 0 aliphatic rings. The summed E-state index contributed by atoms with van der Waals surface area (Å²) in [6.07, 6.45) is 0.537. The van der Waals surface area contributed by atoms with Crippen LogP contribution in [0.1, 0.15) is 22.3 Å². The zero-order valence-electron chi connectivity index (χ0n) is 15.6. The van der Waals surface area contributed by atoms with Gasteiger partial charge in [-0.2, -0.15) is 0 Å². The zero-order valence-corrected chi connectivity index (χ0v) is 15.6. The van der Waals surface area contributed by atoms with Crippen molar-refractivity contribution in [2.24, 2.45) is 0 Å². The van der Waals surface area contributed by atoms with Gasteiger partial charge in [-0.15, -0.1) is 0 Å². The fourth-order valence-electron chi connectivity index (χ4n) is 2.45. The van der Waals surface area contributed by atoms with Gasteiger partial charge in [0.05, 0.1) is 31.6 Å². The van der Waals surface area contributed by atoms with Crippen LogP contribution in [0.5, 0.6) is 23.0 Å². The number of aromatic carboxylic acids is 1. The number of anilines is 2. The Labute approximate surface area is 161 Å². The Hall–Kier alpha value is -3.62. The second kappa shape index (κ2) is 9.36. The Morgan fingerprint density at radius 2 is 1.64 bits per heavy atom. The molecule has 0 saturated heterocycles. The molecule has 9 heteroatoms. The Balaban J connectivity index is 1.91. The average molecular weight is 390 g/mol. The monoisotopic (exact) mass is 390 g/mol. The Morgan fingerprint density at radius 3 is 2.25 bits per heavy atom. The summed E-state index contributed by atoms with van der Waals surface area (Å²) in [4.78, 5) is 21.5. The summed E-state index contributed by atoms with van der Waals surface area (Å²) < 4.78 is 21.3. The van der Waals surface area contributed by atoms with E-state index >= 15 is 0 Å². The highest BCUT2D eigenvalue weighted by Gasteiger charge is 2.13. The van der Waals surface area contributed by atoms with E-state index in [0.717, 1.165) is 0 Å². The van der Waals surface area contributed by atoms with E-state index in [4.69, 9.17) is 35.5 Å². The molecule has 0 aromatic heterocycles. The maximum absolute atomic E-state index is 11.1. The van der Waals surface area contributed by atoms with Gasteiger partial charge in [0.25, 0.3) is 6.47 Å². The molecule has 0 amide bonds. The highest BCUT2D eigenvalue weighted by Crippen LogP contribution is 2.36. The van der Waals surface area contributed by atoms with E-state index in [1.165, 1.54) is 31.4 Å². The minimum Gasteiger partial charge on any atom is -0.493 e. The van der Waals surface area contributed by atoms with Crippen molar-refractivity contribution in [2.75, 3.05) is 31.8 Å². The van der Waals surface area contributed by atoms with E-state index < -0.39 is 5.97 Å². The van der Waals surface area contributed by atoms with E-state index in [0.29, 0.717) is 42.4 Å². The first-order chi connectivity index (χ1) is 13.4. The largest absolute Gasteiger partial charge is 0.493 e. The Kier molecular flexibility index (Phi) is 6.91. The van der Waals surface area contributed by atoms with Crippen molar-refractivity contribution in [1.29, 1.82) is 0 Å². The minimum absolute atomic E-state index is 0.0415. The van der Waals surface area contributed by atoms with Crippen LogP contribution in [0.25, 0.3) is 0 Å². The van der Waals surface area contributed by atoms with E-state index in [9.17, 15) is 9.59 Å². The van der Waals surface area contributed by atoms with Crippen LogP contribution >= 0.6 is 0 Å². The molecule has 0 aliphatic carbocycles. The highest BCUT2D eigenvalue weighted by molar-refractivity contribution is 5.94. The summed E-state index contributed by atoms with van der Waals surface area (Å²) in [5.74, 6) is 0.391. The summed E-state index contributed by atoms with van der Waals surface area (Å²) in [5.41, 5.74) is 12.6. The van der Waals surface area contributed by atoms with Crippen LogP contribution in [0.3, 0.4) is 0 Å². The molecule has 2 aromatic rings. The molecule has 2 aromatic carbocycles. The van der Waals surface area contributed by atoms with Crippen molar-refractivity contribution >= 4 is 23.8 Å². The molecule has 0 atom stereocenters. The summed E-state index contributed by atoms with van der Waals surface area (Å²) in [6, 6.07) is 5.94. The molecule has 0 spiro atoms. The molecule has 9 nitrogen and oxygen atoms in total. The second-order valence-electron chi connectivity index (χ2n) is 5.82. The lowest BCUT2D eigenvalue weighted by molar-refractivity contribution is -0.120. The third-order valence-electron chi connectivity index (χ3n) is 3.85. The van der Waals surface area contributed by atoms with Gasteiger partial charge in [-0.25, -0.2) is 4.79 Å². The van der Waals surface area contributed by atoms with Gasteiger partial charge >= 0.3 is 5.97 Å². The van der Waals surface area contributed by atoms with Crippen molar-refractivity contribution in [3.8, 4) is 23.0 Å². The number of carbonyl (C=O) groups is 2. The molecule has 150 valence electrons. The van der Waals surface area contributed by atoms with E-state index in [-0.39, 0.29) is 29.2 Å². The molecule has 0 radical (unpaired) electrons. The molecule has 0 heterocycles. The number of carbonyl (C=O) groups excluding carboxylic acids is 1. The quantitative estimate of drug-likeness (QED) is 0.316. The number of hydrogen-bond donors (Lipinski definition) is 3. The van der Waals surface area contributed by atoms with Crippen LogP contribution in [-0.4, -0.2) is 37.9 Å². The standard InChI is InChI=1S/C19H22N2O7/c1-11-6-12(19(23)24)13(20)7-15(11)26-4-3-5-27-18-8-14(21)16(28-10-22)9-17(18)25-2/h6-10H,3-5,20-21H2,1-2H3,(H,23,24). The third kappa shape index (κ3) is 4.97. The van der Waals surface area contributed by atoms with Gasteiger partial charge in [0.15, 0.2) is 17.2 Å². The Morgan fingerprint density at radius 1 is 1.00 bits per heavy atom. The number of aryl methyl sites for hydroxylation is 1. The van der Waals surface area contributed by atoms with Crippen LogP contribution in [-0.2, 0) is 4.79 Å². The van der Waals surface area contributed by atoms with Gasteiger partial charge in [0, 0.05) is 30.3 Å². The predicted molar refractivity (Wildman–Crippen MR) is 102 cm³/mol. The van der Waals surface area contributed by atoms with Crippen molar-refractivity contribution in [2.45, 2.75) is 13.3 Å². The highest BCUT2D eigenvalue weighted by atomic mass is 16.5. The van der Waals surface area contributed by atoms with Gasteiger partial charge in [0.2, 0.25) is 0 Å². The number of carboxylic acid groups (broad SMARTS) is 1. The van der Waals surface area contributed by atoms with E-state index in [2.05, 4.69) is 0 Å². The summed E-state index contributed by atoms with van der Waals surface area (Å²) in [7, 11) is 1.46. The average Bonchev–Trinajstić information content (AvgIpc) is 2.65. The van der Waals surface area contributed by atoms with Gasteiger partial charge < -0.3 is 35.5 Å². The molecular weight excluding hydrogens is 368 g/mol. The molecule has 28 heavy (non-hydrogen) atoms. The van der Waals surface area contributed by atoms with Crippen LogP contribution in [0.2, 0.25) is 0 Å². The fraction of sp³-hybridized carbons (Fsp3) is 0.263. The summed E-state index contributed by atoms with van der Waals surface area (Å²) in [6.45, 7) is 2.66. The normalized spacial score (nSPS) is 10.2. The Bertz CT molecular complexity index is 868. The second-order valence-corrected chi connectivity index (χ2v) is 5.82. The number of rotatable bonds is 10. The first kappa shape index (κ1) is 20.7. The van der Waals surface area contributed by atoms with Crippen molar-refractivity contribution in [1.82, 2.24) is 0 Å². The number of hydrogen-bond acceptors (Lipinski definition) is 8. The number of carboxylic acids is 1. The third-order valence-corrected chi connectivity index (χ3v) is 3.85. The van der Waals surface area contributed by atoms with E-state index in [1.54, 1.807) is 6.92 Å². The van der Waals surface area contributed by atoms with Gasteiger partial charge in [-0.1, -0.05) is 0 Å². The lowest BCUT2D eigenvalue weighted by atomic mass is 10.1. The molecule has 0 unspecified atom stereocenters. The van der Waals surface area contributed by atoms with Crippen LogP contribution in [0, 0.1) is 6.92 Å². The molecule has 5 N–H and O–H groups in total. The lowest BCUT2D eigenvalue weighted by Crippen LogP contribution is -2.08. The lowest BCUT2D eigenvalue weighted by Gasteiger charge is -2.14. The van der Waals surface area contributed by atoms with Crippen molar-refractivity contribution < 1.29 is 33.6 Å². The molecule has 0 fully saturated rings. The molecule has 0 aliphatic heterocycles. The summed E-state index contributed by atoms with van der Waals surface area (Å²) >= 11 is 0. The maximum atomic E-state index is 11.1. The number of ether oxygens (including phenoxy) is 4. The fourth-order valence-corrected chi connectivity index (χ4v) is 2.45. The zero-order chi connectivity index (χ0) is 20.7.